The normalized spacial score (nSPS) is 16.5. The van der Waals surface area contributed by atoms with Crippen LogP contribution in [0.4, 0.5) is 0 Å². The maximum atomic E-state index is 13.8. The van der Waals surface area contributed by atoms with Crippen LogP contribution in [0.5, 0.6) is 0 Å². The minimum absolute atomic E-state index is 0.0404. The van der Waals surface area contributed by atoms with Crippen LogP contribution in [0, 0.1) is 0 Å². The van der Waals surface area contributed by atoms with Gasteiger partial charge in [0.25, 0.3) is 0 Å². The molecule has 0 aromatic heterocycles. The molecule has 1 heterocycles. The smallest absolute Gasteiger partial charge is 0.234 e. The number of carbonyl (C=O) groups excluding carboxylic acids is 2. The summed E-state index contributed by atoms with van der Waals surface area (Å²) in [5.74, 6) is -0.233. The zero-order valence-corrected chi connectivity index (χ0v) is 17.1. The van der Waals surface area contributed by atoms with Gasteiger partial charge in [0, 0.05) is 26.6 Å². The molecular weight excluding hydrogens is 372 g/mol. The molecule has 0 radical (unpaired) electrons. The number of nitrogens with zero attached hydrogens (tertiary/aromatic N) is 2. The van der Waals surface area contributed by atoms with E-state index in [0.29, 0.717) is 19.6 Å². The first-order valence-corrected chi connectivity index (χ1v) is 10.4. The fourth-order valence-corrected chi connectivity index (χ4v) is 4.27. The van der Waals surface area contributed by atoms with Gasteiger partial charge in [-0.05, 0) is 16.7 Å². The number of carbonyl (C=O) groups is 2. The molecule has 0 unspecified atom stereocenters. The molecule has 0 N–H and O–H groups in total. The van der Waals surface area contributed by atoms with E-state index in [1.54, 1.807) is 6.92 Å². The monoisotopic (exact) mass is 398 g/mol. The SMILES string of the molecule is CC(=O)N1CCN(C(=O)C(c2ccccc2)c2ccccc2)C[C@H]1c1ccccc1. The van der Waals surface area contributed by atoms with E-state index in [-0.39, 0.29) is 23.8 Å². The highest BCUT2D eigenvalue weighted by Crippen LogP contribution is 2.31. The molecule has 3 aromatic carbocycles. The van der Waals surface area contributed by atoms with Gasteiger partial charge in [0.05, 0.1) is 12.0 Å². The highest BCUT2D eigenvalue weighted by Gasteiger charge is 2.35. The third-order valence-corrected chi connectivity index (χ3v) is 5.79. The maximum Gasteiger partial charge on any atom is 0.234 e. The van der Waals surface area contributed by atoms with Gasteiger partial charge in [0.2, 0.25) is 11.8 Å². The van der Waals surface area contributed by atoms with Crippen molar-refractivity contribution in [1.82, 2.24) is 9.80 Å². The Morgan fingerprint density at radius 1 is 0.767 bits per heavy atom. The maximum absolute atomic E-state index is 13.8. The number of hydrogen-bond acceptors (Lipinski definition) is 2. The Hall–Kier alpha value is -3.40. The number of rotatable bonds is 4. The molecule has 1 fully saturated rings. The zero-order chi connectivity index (χ0) is 20.9. The number of piperazine rings is 1. The van der Waals surface area contributed by atoms with Gasteiger partial charge in [-0.2, -0.15) is 0 Å². The average molecular weight is 399 g/mol. The quantitative estimate of drug-likeness (QED) is 0.659. The minimum Gasteiger partial charge on any atom is -0.338 e. The molecule has 152 valence electrons. The van der Waals surface area contributed by atoms with E-state index in [9.17, 15) is 9.59 Å². The van der Waals surface area contributed by atoms with E-state index in [2.05, 4.69) is 0 Å². The zero-order valence-electron chi connectivity index (χ0n) is 17.1. The lowest BCUT2D eigenvalue weighted by atomic mass is 9.89. The Kier molecular flexibility index (Phi) is 5.94. The lowest BCUT2D eigenvalue weighted by molar-refractivity contribution is -0.142. The summed E-state index contributed by atoms with van der Waals surface area (Å²) < 4.78 is 0. The van der Waals surface area contributed by atoms with Gasteiger partial charge >= 0.3 is 0 Å². The van der Waals surface area contributed by atoms with Crippen molar-refractivity contribution in [3.05, 3.63) is 108 Å². The summed E-state index contributed by atoms with van der Waals surface area (Å²) in [6.45, 7) is 3.18. The Balaban J connectivity index is 1.66. The molecule has 0 aliphatic carbocycles. The van der Waals surface area contributed by atoms with Crippen LogP contribution < -0.4 is 0 Å². The van der Waals surface area contributed by atoms with Crippen molar-refractivity contribution in [3.8, 4) is 0 Å². The third-order valence-electron chi connectivity index (χ3n) is 5.79. The molecular formula is C26H26N2O2. The molecule has 0 spiro atoms. The summed E-state index contributed by atoms with van der Waals surface area (Å²) in [5, 5.41) is 0. The second-order valence-electron chi connectivity index (χ2n) is 7.68. The van der Waals surface area contributed by atoms with Gasteiger partial charge in [0.1, 0.15) is 0 Å². The largest absolute Gasteiger partial charge is 0.338 e. The molecule has 1 aliphatic heterocycles. The molecule has 1 atom stereocenters. The van der Waals surface area contributed by atoms with Gasteiger partial charge in [-0.3, -0.25) is 9.59 Å². The third kappa shape index (κ3) is 4.13. The van der Waals surface area contributed by atoms with Gasteiger partial charge in [-0.1, -0.05) is 91.0 Å². The van der Waals surface area contributed by atoms with Crippen LogP contribution in [-0.2, 0) is 9.59 Å². The average Bonchev–Trinajstić information content (AvgIpc) is 2.81. The first-order valence-electron chi connectivity index (χ1n) is 10.4. The number of benzene rings is 3. The van der Waals surface area contributed by atoms with Crippen molar-refractivity contribution in [2.75, 3.05) is 19.6 Å². The summed E-state index contributed by atoms with van der Waals surface area (Å²) in [4.78, 5) is 29.8. The van der Waals surface area contributed by atoms with Crippen molar-refractivity contribution in [2.45, 2.75) is 18.9 Å². The molecule has 3 aromatic rings. The molecule has 30 heavy (non-hydrogen) atoms. The van der Waals surface area contributed by atoms with Gasteiger partial charge in [-0.25, -0.2) is 0 Å². The van der Waals surface area contributed by atoms with Crippen LogP contribution in [0.2, 0.25) is 0 Å². The standard InChI is InChI=1S/C26H26N2O2/c1-20(29)28-18-17-27(19-24(28)21-11-5-2-6-12-21)26(30)25(22-13-7-3-8-14-22)23-15-9-4-10-16-23/h2-16,24-25H,17-19H2,1H3/t24-/m0/s1. The summed E-state index contributed by atoms with van der Waals surface area (Å²) >= 11 is 0. The topological polar surface area (TPSA) is 40.6 Å². The van der Waals surface area contributed by atoms with E-state index in [4.69, 9.17) is 0 Å². The van der Waals surface area contributed by atoms with Gasteiger partial charge in [-0.15, -0.1) is 0 Å². The van der Waals surface area contributed by atoms with Crippen molar-refractivity contribution in [1.29, 1.82) is 0 Å². The molecule has 1 saturated heterocycles. The number of amides is 2. The van der Waals surface area contributed by atoms with Crippen LogP contribution >= 0.6 is 0 Å². The van der Waals surface area contributed by atoms with E-state index in [1.807, 2.05) is 101 Å². The van der Waals surface area contributed by atoms with Gasteiger partial charge < -0.3 is 9.80 Å². The predicted octanol–water partition coefficient (Wildman–Crippen LogP) is 4.25. The van der Waals surface area contributed by atoms with Gasteiger partial charge in [0.15, 0.2) is 0 Å². The lowest BCUT2D eigenvalue weighted by Crippen LogP contribution is -2.52. The van der Waals surface area contributed by atoms with Crippen molar-refractivity contribution >= 4 is 11.8 Å². The summed E-state index contributed by atoms with van der Waals surface area (Å²) in [5.41, 5.74) is 3.03. The first kappa shape index (κ1) is 19.9. The first-order chi connectivity index (χ1) is 14.6. The van der Waals surface area contributed by atoms with E-state index >= 15 is 0 Å². The molecule has 0 bridgehead atoms. The van der Waals surface area contributed by atoms with Crippen LogP contribution in [0.1, 0.15) is 35.6 Å². The van der Waals surface area contributed by atoms with Crippen molar-refractivity contribution < 1.29 is 9.59 Å². The lowest BCUT2D eigenvalue weighted by Gasteiger charge is -2.42. The second kappa shape index (κ2) is 8.95. The van der Waals surface area contributed by atoms with Crippen molar-refractivity contribution in [2.24, 2.45) is 0 Å². The fourth-order valence-electron chi connectivity index (χ4n) is 4.27. The Bertz CT molecular complexity index is 950. The van der Waals surface area contributed by atoms with Crippen LogP contribution in [0.15, 0.2) is 91.0 Å². The molecule has 0 saturated carbocycles. The molecule has 4 rings (SSSR count). The number of hydrogen-bond donors (Lipinski definition) is 0. The Labute approximate surface area is 177 Å². The van der Waals surface area contributed by atoms with Crippen molar-refractivity contribution in [3.63, 3.8) is 0 Å². The Morgan fingerprint density at radius 3 is 1.77 bits per heavy atom. The van der Waals surface area contributed by atoms with E-state index < -0.39 is 0 Å². The molecule has 4 nitrogen and oxygen atoms in total. The van der Waals surface area contributed by atoms with E-state index in [1.165, 1.54) is 0 Å². The summed E-state index contributed by atoms with van der Waals surface area (Å²) in [6, 6.07) is 29.7. The van der Waals surface area contributed by atoms with E-state index in [0.717, 1.165) is 16.7 Å². The molecule has 2 amide bonds. The van der Waals surface area contributed by atoms with Crippen LogP contribution in [0.3, 0.4) is 0 Å². The summed E-state index contributed by atoms with van der Waals surface area (Å²) in [7, 11) is 0. The van der Waals surface area contributed by atoms with Crippen LogP contribution in [-0.4, -0.2) is 41.2 Å². The second-order valence-corrected chi connectivity index (χ2v) is 7.68. The Morgan fingerprint density at radius 2 is 1.27 bits per heavy atom. The summed E-state index contributed by atoms with van der Waals surface area (Å²) in [6.07, 6.45) is 0. The fraction of sp³-hybridized carbons (Fsp3) is 0.231. The molecule has 4 heteroatoms. The predicted molar refractivity (Wildman–Crippen MR) is 118 cm³/mol. The van der Waals surface area contributed by atoms with Crippen LogP contribution in [0.25, 0.3) is 0 Å². The highest BCUT2D eigenvalue weighted by atomic mass is 16.2. The highest BCUT2D eigenvalue weighted by molar-refractivity contribution is 5.87. The molecule has 1 aliphatic rings. The minimum atomic E-state index is -0.354.